The van der Waals surface area contributed by atoms with Crippen molar-refractivity contribution in [2.75, 3.05) is 7.11 Å². The first kappa shape index (κ1) is 18.1. The SMILES string of the molecule is CCC=C[C@H]1CC[C@H](c2ccc(OC)c(CCCCC)c2)CC1. The van der Waals surface area contributed by atoms with Crippen LogP contribution in [0.1, 0.15) is 82.3 Å². The van der Waals surface area contributed by atoms with Crippen molar-refractivity contribution < 1.29 is 4.74 Å². The van der Waals surface area contributed by atoms with E-state index in [2.05, 4.69) is 44.2 Å². The molecule has 0 unspecified atom stereocenters. The predicted octanol–water partition coefficient (Wildman–Crippen LogP) is 6.67. The van der Waals surface area contributed by atoms with Gasteiger partial charge in [-0.05, 0) is 74.0 Å². The van der Waals surface area contributed by atoms with Crippen LogP contribution in [0.15, 0.2) is 30.4 Å². The zero-order chi connectivity index (χ0) is 16.5. The Hall–Kier alpha value is -1.24. The van der Waals surface area contributed by atoms with Crippen LogP contribution in [0.4, 0.5) is 0 Å². The van der Waals surface area contributed by atoms with Gasteiger partial charge < -0.3 is 4.74 Å². The number of unbranched alkanes of at least 4 members (excludes halogenated alkanes) is 2. The predicted molar refractivity (Wildman–Crippen MR) is 100 cm³/mol. The monoisotopic (exact) mass is 314 g/mol. The number of ether oxygens (including phenoxy) is 1. The highest BCUT2D eigenvalue weighted by molar-refractivity contribution is 5.39. The molecule has 0 radical (unpaired) electrons. The zero-order valence-corrected chi connectivity index (χ0v) is 15.3. The summed E-state index contributed by atoms with van der Waals surface area (Å²) in [4.78, 5) is 0. The summed E-state index contributed by atoms with van der Waals surface area (Å²) in [6, 6.07) is 6.93. The van der Waals surface area contributed by atoms with Crippen LogP contribution in [0.3, 0.4) is 0 Å². The van der Waals surface area contributed by atoms with E-state index in [4.69, 9.17) is 4.74 Å². The summed E-state index contributed by atoms with van der Waals surface area (Å²) in [6.07, 6.45) is 16.3. The smallest absolute Gasteiger partial charge is 0.122 e. The Morgan fingerprint density at radius 2 is 1.87 bits per heavy atom. The zero-order valence-electron chi connectivity index (χ0n) is 15.3. The Kier molecular flexibility index (Phi) is 7.71. The number of benzene rings is 1. The second-order valence-electron chi connectivity index (χ2n) is 6.98. The Labute approximate surface area is 143 Å². The lowest BCUT2D eigenvalue weighted by molar-refractivity contribution is 0.374. The molecule has 1 nitrogen and oxygen atoms in total. The van der Waals surface area contributed by atoms with Crippen LogP contribution >= 0.6 is 0 Å². The summed E-state index contributed by atoms with van der Waals surface area (Å²) in [7, 11) is 1.80. The van der Waals surface area contributed by atoms with Crippen LogP contribution in [-0.2, 0) is 6.42 Å². The Balaban J connectivity index is 1.99. The molecule has 0 N–H and O–H groups in total. The molecule has 0 atom stereocenters. The van der Waals surface area contributed by atoms with Crippen molar-refractivity contribution in [1.29, 1.82) is 0 Å². The summed E-state index contributed by atoms with van der Waals surface area (Å²) >= 11 is 0. The van der Waals surface area contributed by atoms with Crippen molar-refractivity contribution in [3.8, 4) is 5.75 Å². The minimum absolute atomic E-state index is 0.747. The highest BCUT2D eigenvalue weighted by Gasteiger charge is 2.21. The fourth-order valence-corrected chi connectivity index (χ4v) is 3.79. The molecule has 0 aliphatic heterocycles. The summed E-state index contributed by atoms with van der Waals surface area (Å²) < 4.78 is 5.57. The van der Waals surface area contributed by atoms with Crippen LogP contribution in [0.2, 0.25) is 0 Å². The number of methoxy groups -OCH3 is 1. The van der Waals surface area contributed by atoms with Crippen LogP contribution in [0.5, 0.6) is 5.75 Å². The fraction of sp³-hybridized carbons (Fsp3) is 0.636. The van der Waals surface area contributed by atoms with Crippen LogP contribution in [0, 0.1) is 5.92 Å². The molecule has 1 heteroatoms. The van der Waals surface area contributed by atoms with E-state index >= 15 is 0 Å². The van der Waals surface area contributed by atoms with Gasteiger partial charge in [0, 0.05) is 0 Å². The standard InChI is InChI=1S/C22H34O/c1-4-6-8-10-21-17-20(15-16-22(21)23-3)19-13-11-18(12-14-19)9-7-5-2/h7,9,15-19H,4-6,8,10-14H2,1-3H3/t18-,19-. The lowest BCUT2D eigenvalue weighted by Gasteiger charge is -2.27. The van der Waals surface area contributed by atoms with E-state index in [0.717, 1.165) is 24.0 Å². The van der Waals surface area contributed by atoms with E-state index in [0.29, 0.717) is 0 Å². The van der Waals surface area contributed by atoms with E-state index in [1.165, 1.54) is 62.5 Å². The minimum atomic E-state index is 0.747. The minimum Gasteiger partial charge on any atom is -0.496 e. The molecule has 1 saturated carbocycles. The molecular formula is C22H34O. The van der Waals surface area contributed by atoms with Crippen molar-refractivity contribution in [3.63, 3.8) is 0 Å². The van der Waals surface area contributed by atoms with Gasteiger partial charge in [0.2, 0.25) is 0 Å². The third kappa shape index (κ3) is 5.41. The van der Waals surface area contributed by atoms with Crippen molar-refractivity contribution in [2.45, 2.75) is 77.6 Å². The molecule has 0 heterocycles. The lowest BCUT2D eigenvalue weighted by atomic mass is 9.78. The fourth-order valence-electron chi connectivity index (χ4n) is 3.79. The summed E-state index contributed by atoms with van der Waals surface area (Å²) in [6.45, 7) is 4.48. The molecule has 1 aliphatic rings. The van der Waals surface area contributed by atoms with E-state index in [1.54, 1.807) is 7.11 Å². The van der Waals surface area contributed by atoms with Crippen LogP contribution in [0.25, 0.3) is 0 Å². The van der Waals surface area contributed by atoms with Gasteiger partial charge in [-0.25, -0.2) is 0 Å². The Morgan fingerprint density at radius 3 is 2.52 bits per heavy atom. The van der Waals surface area contributed by atoms with Gasteiger partial charge in [-0.15, -0.1) is 0 Å². The molecule has 0 aromatic heterocycles. The van der Waals surface area contributed by atoms with E-state index in [-0.39, 0.29) is 0 Å². The average molecular weight is 315 g/mol. The van der Waals surface area contributed by atoms with Crippen LogP contribution in [-0.4, -0.2) is 7.11 Å². The van der Waals surface area contributed by atoms with Gasteiger partial charge in [0.15, 0.2) is 0 Å². The van der Waals surface area contributed by atoms with Gasteiger partial charge in [0.1, 0.15) is 5.75 Å². The third-order valence-electron chi connectivity index (χ3n) is 5.24. The number of hydrogen-bond acceptors (Lipinski definition) is 1. The summed E-state index contributed by atoms with van der Waals surface area (Å²) in [5.41, 5.74) is 2.95. The number of allylic oxidation sites excluding steroid dienone is 2. The Bertz CT molecular complexity index is 481. The Morgan fingerprint density at radius 1 is 1.09 bits per heavy atom. The third-order valence-corrected chi connectivity index (χ3v) is 5.24. The van der Waals surface area contributed by atoms with Crippen molar-refractivity contribution in [2.24, 2.45) is 5.92 Å². The summed E-state index contributed by atoms with van der Waals surface area (Å²) in [5.74, 6) is 2.63. The molecule has 0 spiro atoms. The van der Waals surface area contributed by atoms with E-state index < -0.39 is 0 Å². The molecule has 1 aliphatic carbocycles. The van der Waals surface area contributed by atoms with Gasteiger partial charge >= 0.3 is 0 Å². The largest absolute Gasteiger partial charge is 0.496 e. The lowest BCUT2D eigenvalue weighted by Crippen LogP contribution is -2.12. The van der Waals surface area contributed by atoms with E-state index in [1.807, 2.05) is 0 Å². The van der Waals surface area contributed by atoms with E-state index in [9.17, 15) is 0 Å². The molecule has 1 fully saturated rings. The van der Waals surface area contributed by atoms with Crippen molar-refractivity contribution in [3.05, 3.63) is 41.5 Å². The molecule has 0 amide bonds. The second kappa shape index (κ2) is 9.80. The average Bonchev–Trinajstić information content (AvgIpc) is 2.60. The van der Waals surface area contributed by atoms with Gasteiger partial charge in [0.05, 0.1) is 7.11 Å². The van der Waals surface area contributed by atoms with Gasteiger partial charge in [0.25, 0.3) is 0 Å². The molecule has 0 saturated heterocycles. The summed E-state index contributed by atoms with van der Waals surface area (Å²) in [5, 5.41) is 0. The maximum atomic E-state index is 5.57. The molecule has 1 aromatic carbocycles. The van der Waals surface area contributed by atoms with Gasteiger partial charge in [-0.1, -0.05) is 51.0 Å². The maximum Gasteiger partial charge on any atom is 0.122 e. The topological polar surface area (TPSA) is 9.23 Å². The van der Waals surface area contributed by atoms with Crippen molar-refractivity contribution >= 4 is 0 Å². The van der Waals surface area contributed by atoms with Gasteiger partial charge in [-0.2, -0.15) is 0 Å². The highest BCUT2D eigenvalue weighted by atomic mass is 16.5. The van der Waals surface area contributed by atoms with Crippen LogP contribution < -0.4 is 4.74 Å². The first-order chi connectivity index (χ1) is 11.3. The van der Waals surface area contributed by atoms with Gasteiger partial charge in [-0.3, -0.25) is 0 Å². The van der Waals surface area contributed by atoms with Crippen molar-refractivity contribution in [1.82, 2.24) is 0 Å². The molecule has 0 bridgehead atoms. The molecule has 128 valence electrons. The molecular weight excluding hydrogens is 280 g/mol. The molecule has 2 rings (SSSR count). The number of hydrogen-bond donors (Lipinski definition) is 0. The molecule has 1 aromatic rings. The first-order valence-corrected chi connectivity index (χ1v) is 9.61. The normalized spacial score (nSPS) is 21.7. The first-order valence-electron chi connectivity index (χ1n) is 9.61. The number of rotatable bonds is 8. The maximum absolute atomic E-state index is 5.57. The second-order valence-corrected chi connectivity index (χ2v) is 6.98. The number of aryl methyl sites for hydroxylation is 1. The quantitative estimate of drug-likeness (QED) is 0.384. The highest BCUT2D eigenvalue weighted by Crippen LogP contribution is 2.38. The molecule has 23 heavy (non-hydrogen) atoms.